The summed E-state index contributed by atoms with van der Waals surface area (Å²) >= 11 is 0. The molecule has 1 aromatic heterocycles. The quantitative estimate of drug-likeness (QED) is 0.638. The van der Waals surface area contributed by atoms with Gasteiger partial charge in [0.1, 0.15) is 5.78 Å². The number of hydrogen-bond donors (Lipinski definition) is 0. The number of unbranched alkanes of at least 4 members (excludes halogenated alkanes) is 3. The smallest absolute Gasteiger partial charge is 0.133 e. The average molecular weight is 233 g/mol. The number of aromatic nitrogens is 1. The molecule has 0 saturated carbocycles. The van der Waals surface area contributed by atoms with Crippen LogP contribution in [0.25, 0.3) is 0 Å². The van der Waals surface area contributed by atoms with Crippen LogP contribution >= 0.6 is 0 Å². The van der Waals surface area contributed by atoms with Crippen LogP contribution in [0.5, 0.6) is 0 Å². The number of aryl methyl sites for hydroxylation is 2. The van der Waals surface area contributed by atoms with Crippen LogP contribution in [0, 0.1) is 6.92 Å². The van der Waals surface area contributed by atoms with E-state index in [-0.39, 0.29) is 0 Å². The maximum Gasteiger partial charge on any atom is 0.133 e. The summed E-state index contributed by atoms with van der Waals surface area (Å²) in [6, 6.07) is 5.98. The number of carbonyl (C=O) groups is 1. The summed E-state index contributed by atoms with van der Waals surface area (Å²) in [5.74, 6) is 0.379. The molecule has 0 aliphatic heterocycles. The van der Waals surface area contributed by atoms with E-state index < -0.39 is 0 Å². The Kier molecular flexibility index (Phi) is 6.53. The zero-order valence-corrected chi connectivity index (χ0v) is 11.0. The molecule has 2 nitrogen and oxygen atoms in total. The summed E-state index contributed by atoms with van der Waals surface area (Å²) < 4.78 is 0. The van der Waals surface area contributed by atoms with Gasteiger partial charge in [0.05, 0.1) is 0 Å². The Labute approximate surface area is 104 Å². The van der Waals surface area contributed by atoms with Gasteiger partial charge >= 0.3 is 0 Å². The van der Waals surface area contributed by atoms with Crippen LogP contribution in [0.3, 0.4) is 0 Å². The fourth-order valence-corrected chi connectivity index (χ4v) is 1.88. The van der Waals surface area contributed by atoms with E-state index in [1.165, 1.54) is 19.3 Å². The van der Waals surface area contributed by atoms with E-state index >= 15 is 0 Å². The van der Waals surface area contributed by atoms with Gasteiger partial charge in [0.15, 0.2) is 0 Å². The second kappa shape index (κ2) is 7.99. The molecule has 0 radical (unpaired) electrons. The molecule has 0 spiro atoms. The van der Waals surface area contributed by atoms with Crippen molar-refractivity contribution in [3.63, 3.8) is 0 Å². The van der Waals surface area contributed by atoms with E-state index in [0.29, 0.717) is 12.2 Å². The van der Waals surface area contributed by atoms with Crippen molar-refractivity contribution in [3.8, 4) is 0 Å². The zero-order chi connectivity index (χ0) is 12.5. The highest BCUT2D eigenvalue weighted by molar-refractivity contribution is 5.78. The minimum Gasteiger partial charge on any atom is -0.300 e. The van der Waals surface area contributed by atoms with Crippen LogP contribution < -0.4 is 0 Å². The van der Waals surface area contributed by atoms with Crippen molar-refractivity contribution in [1.82, 2.24) is 4.98 Å². The molecule has 17 heavy (non-hydrogen) atoms. The number of nitrogens with zero attached hydrogens (tertiary/aromatic N) is 1. The number of rotatable bonds is 8. The monoisotopic (exact) mass is 233 g/mol. The van der Waals surface area contributed by atoms with Gasteiger partial charge in [-0.05, 0) is 31.9 Å². The summed E-state index contributed by atoms with van der Waals surface area (Å²) in [6.45, 7) is 4.17. The summed E-state index contributed by atoms with van der Waals surface area (Å²) in [5, 5.41) is 0. The lowest BCUT2D eigenvalue weighted by molar-refractivity contribution is -0.119. The largest absolute Gasteiger partial charge is 0.300 e. The highest BCUT2D eigenvalue weighted by atomic mass is 16.1. The molecule has 0 bridgehead atoms. The molecule has 1 aromatic rings. The first-order chi connectivity index (χ1) is 8.22. The topological polar surface area (TPSA) is 30.0 Å². The van der Waals surface area contributed by atoms with Crippen LogP contribution in [-0.4, -0.2) is 10.8 Å². The molecule has 0 N–H and O–H groups in total. The van der Waals surface area contributed by atoms with Gasteiger partial charge in [-0.15, -0.1) is 0 Å². The predicted molar refractivity (Wildman–Crippen MR) is 71.1 cm³/mol. The molecule has 2 heteroatoms. The summed E-state index contributed by atoms with van der Waals surface area (Å²) in [4.78, 5) is 16.0. The number of carbonyl (C=O) groups excluding carboxylic acids is 1. The fourth-order valence-electron chi connectivity index (χ4n) is 1.88. The van der Waals surface area contributed by atoms with E-state index in [2.05, 4.69) is 11.9 Å². The Morgan fingerprint density at radius 1 is 1.18 bits per heavy atom. The molecule has 1 rings (SSSR count). The molecular formula is C15H23NO. The van der Waals surface area contributed by atoms with Crippen LogP contribution in [0.4, 0.5) is 0 Å². The van der Waals surface area contributed by atoms with E-state index in [4.69, 9.17) is 0 Å². The minimum absolute atomic E-state index is 0.379. The maximum atomic E-state index is 11.6. The third-order valence-electron chi connectivity index (χ3n) is 2.92. The summed E-state index contributed by atoms with van der Waals surface area (Å²) in [5.41, 5.74) is 2.06. The number of Topliss-reactive ketones (excluding diaryl/α,β-unsaturated/α-hetero) is 1. The molecule has 0 unspecified atom stereocenters. The van der Waals surface area contributed by atoms with Crippen LogP contribution in [-0.2, 0) is 11.2 Å². The molecule has 0 aliphatic rings. The van der Waals surface area contributed by atoms with Gasteiger partial charge in [-0.3, -0.25) is 9.78 Å². The van der Waals surface area contributed by atoms with Gasteiger partial charge < -0.3 is 0 Å². The van der Waals surface area contributed by atoms with Gasteiger partial charge in [0.25, 0.3) is 0 Å². The normalized spacial score (nSPS) is 10.5. The lowest BCUT2D eigenvalue weighted by Crippen LogP contribution is -2.01. The molecule has 0 amide bonds. The molecule has 1 heterocycles. The van der Waals surface area contributed by atoms with Gasteiger partial charge in [-0.25, -0.2) is 0 Å². The van der Waals surface area contributed by atoms with Crippen molar-refractivity contribution in [2.24, 2.45) is 0 Å². The lowest BCUT2D eigenvalue weighted by Gasteiger charge is -2.02. The van der Waals surface area contributed by atoms with Gasteiger partial charge in [0.2, 0.25) is 0 Å². The number of ketones is 1. The summed E-state index contributed by atoms with van der Waals surface area (Å²) in [6.07, 6.45) is 6.87. The van der Waals surface area contributed by atoms with Gasteiger partial charge in [-0.2, -0.15) is 0 Å². The van der Waals surface area contributed by atoms with Gasteiger partial charge in [-0.1, -0.05) is 32.3 Å². The first-order valence-electron chi connectivity index (χ1n) is 6.66. The molecule has 0 saturated heterocycles. The third-order valence-corrected chi connectivity index (χ3v) is 2.92. The van der Waals surface area contributed by atoms with E-state index in [1.54, 1.807) is 0 Å². The average Bonchev–Trinajstić information content (AvgIpc) is 2.32. The highest BCUT2D eigenvalue weighted by Gasteiger charge is 2.03. The minimum atomic E-state index is 0.379. The van der Waals surface area contributed by atoms with Crippen molar-refractivity contribution < 1.29 is 4.79 Å². The Morgan fingerprint density at radius 2 is 2.00 bits per heavy atom. The molecule has 94 valence electrons. The Bertz CT molecular complexity index is 347. The standard InChI is InChI=1S/C15H23NO/c1-3-4-5-6-10-15(17)12-11-14-9-7-8-13(2)16-14/h7-9H,3-6,10-12H2,1-2H3. The number of pyridine rings is 1. The van der Waals surface area contributed by atoms with Crippen molar-refractivity contribution in [3.05, 3.63) is 29.6 Å². The van der Waals surface area contributed by atoms with Crippen LogP contribution in [0.1, 0.15) is 56.8 Å². The Balaban J connectivity index is 2.19. The SMILES string of the molecule is CCCCCCC(=O)CCc1cccc(C)n1. The van der Waals surface area contributed by atoms with E-state index in [1.807, 2.05) is 25.1 Å². The first-order valence-corrected chi connectivity index (χ1v) is 6.66. The molecule has 0 aromatic carbocycles. The fraction of sp³-hybridized carbons (Fsp3) is 0.600. The molecule has 0 fully saturated rings. The van der Waals surface area contributed by atoms with E-state index in [9.17, 15) is 4.79 Å². The second-order valence-electron chi connectivity index (χ2n) is 4.62. The van der Waals surface area contributed by atoms with E-state index in [0.717, 1.165) is 30.7 Å². The Morgan fingerprint density at radius 3 is 2.71 bits per heavy atom. The lowest BCUT2D eigenvalue weighted by atomic mass is 10.1. The zero-order valence-electron chi connectivity index (χ0n) is 11.0. The van der Waals surface area contributed by atoms with Crippen LogP contribution in [0.2, 0.25) is 0 Å². The maximum absolute atomic E-state index is 11.6. The van der Waals surface area contributed by atoms with Crippen molar-refractivity contribution in [1.29, 1.82) is 0 Å². The van der Waals surface area contributed by atoms with Crippen molar-refractivity contribution >= 4 is 5.78 Å². The van der Waals surface area contributed by atoms with Crippen molar-refractivity contribution in [2.45, 2.75) is 58.8 Å². The highest BCUT2D eigenvalue weighted by Crippen LogP contribution is 2.07. The molecular weight excluding hydrogens is 210 g/mol. The summed E-state index contributed by atoms with van der Waals surface area (Å²) in [7, 11) is 0. The molecule has 0 atom stereocenters. The third kappa shape index (κ3) is 6.20. The van der Waals surface area contributed by atoms with Crippen molar-refractivity contribution in [2.75, 3.05) is 0 Å². The first kappa shape index (κ1) is 13.9. The predicted octanol–water partition coefficient (Wildman–Crippen LogP) is 3.86. The second-order valence-corrected chi connectivity index (χ2v) is 4.62. The number of hydrogen-bond acceptors (Lipinski definition) is 2. The Hall–Kier alpha value is -1.18. The molecule has 0 aliphatic carbocycles. The van der Waals surface area contributed by atoms with Gasteiger partial charge in [0, 0.05) is 24.2 Å². The van der Waals surface area contributed by atoms with Crippen LogP contribution in [0.15, 0.2) is 18.2 Å².